The molecule has 4 nitrogen and oxygen atoms in total. The SMILES string of the molecule is Cc1ccc(-c2nc(C(=O)N3CCC[C@H]3Cc3ccccc3)cs2)o1. The molecular formula is C20H20N2O2S. The van der Waals surface area contributed by atoms with Gasteiger partial charge in [0, 0.05) is 18.0 Å². The summed E-state index contributed by atoms with van der Waals surface area (Å²) in [5, 5.41) is 2.60. The lowest BCUT2D eigenvalue weighted by Gasteiger charge is -2.24. The van der Waals surface area contributed by atoms with Crippen molar-refractivity contribution in [1.82, 2.24) is 9.88 Å². The lowest BCUT2D eigenvalue weighted by molar-refractivity contribution is 0.0731. The molecule has 1 aromatic carbocycles. The van der Waals surface area contributed by atoms with Gasteiger partial charge in [-0.05, 0) is 43.9 Å². The molecule has 5 heteroatoms. The van der Waals surface area contributed by atoms with Crippen molar-refractivity contribution in [3.8, 4) is 10.8 Å². The van der Waals surface area contributed by atoms with Gasteiger partial charge in [0.05, 0.1) is 0 Å². The first-order valence-electron chi connectivity index (χ1n) is 8.58. The first kappa shape index (κ1) is 16.1. The van der Waals surface area contributed by atoms with E-state index in [0.717, 1.165) is 42.3 Å². The van der Waals surface area contributed by atoms with E-state index in [9.17, 15) is 4.79 Å². The summed E-state index contributed by atoms with van der Waals surface area (Å²) in [7, 11) is 0. The average Bonchev–Trinajstić information content (AvgIpc) is 3.35. The van der Waals surface area contributed by atoms with Crippen molar-refractivity contribution in [2.75, 3.05) is 6.54 Å². The van der Waals surface area contributed by atoms with Crippen LogP contribution in [0.4, 0.5) is 0 Å². The third-order valence-corrected chi connectivity index (χ3v) is 5.48. The fourth-order valence-electron chi connectivity index (χ4n) is 3.38. The Morgan fingerprint density at radius 3 is 2.88 bits per heavy atom. The van der Waals surface area contributed by atoms with E-state index in [1.807, 2.05) is 35.4 Å². The lowest BCUT2D eigenvalue weighted by Crippen LogP contribution is -2.37. The van der Waals surface area contributed by atoms with Gasteiger partial charge in [-0.2, -0.15) is 0 Å². The van der Waals surface area contributed by atoms with Gasteiger partial charge in [0.15, 0.2) is 10.8 Å². The van der Waals surface area contributed by atoms with Crippen molar-refractivity contribution in [1.29, 1.82) is 0 Å². The Morgan fingerprint density at radius 1 is 1.28 bits per heavy atom. The average molecular weight is 352 g/mol. The smallest absolute Gasteiger partial charge is 0.273 e. The second-order valence-corrected chi connectivity index (χ2v) is 7.29. The van der Waals surface area contributed by atoms with Crippen molar-refractivity contribution in [3.05, 3.63) is 64.9 Å². The Morgan fingerprint density at radius 2 is 2.12 bits per heavy atom. The molecule has 3 heterocycles. The number of hydrogen-bond donors (Lipinski definition) is 0. The maximum Gasteiger partial charge on any atom is 0.273 e. The minimum atomic E-state index is 0.0317. The van der Waals surface area contributed by atoms with Gasteiger partial charge < -0.3 is 9.32 Å². The van der Waals surface area contributed by atoms with E-state index in [0.29, 0.717) is 5.69 Å². The number of thiazole rings is 1. The van der Waals surface area contributed by atoms with E-state index in [2.05, 4.69) is 29.2 Å². The van der Waals surface area contributed by atoms with Gasteiger partial charge in [-0.3, -0.25) is 4.79 Å². The molecule has 0 bridgehead atoms. The first-order valence-corrected chi connectivity index (χ1v) is 9.46. The molecule has 1 saturated heterocycles. The van der Waals surface area contributed by atoms with Crippen LogP contribution in [-0.4, -0.2) is 28.4 Å². The summed E-state index contributed by atoms with van der Waals surface area (Å²) in [5.74, 6) is 1.61. The minimum Gasteiger partial charge on any atom is -0.459 e. The molecule has 4 rings (SSSR count). The molecule has 3 aromatic rings. The number of carbonyl (C=O) groups is 1. The summed E-state index contributed by atoms with van der Waals surface area (Å²) in [6, 6.07) is 14.4. The van der Waals surface area contributed by atoms with Crippen molar-refractivity contribution < 1.29 is 9.21 Å². The number of amides is 1. The Balaban J connectivity index is 1.51. The summed E-state index contributed by atoms with van der Waals surface area (Å²) in [4.78, 5) is 19.4. The van der Waals surface area contributed by atoms with Crippen LogP contribution in [0.3, 0.4) is 0 Å². The third kappa shape index (κ3) is 3.37. The van der Waals surface area contributed by atoms with E-state index in [1.165, 1.54) is 16.9 Å². The van der Waals surface area contributed by atoms with E-state index in [4.69, 9.17) is 4.42 Å². The van der Waals surface area contributed by atoms with Crippen LogP contribution in [0, 0.1) is 6.92 Å². The van der Waals surface area contributed by atoms with Crippen molar-refractivity contribution in [2.45, 2.75) is 32.2 Å². The molecule has 0 saturated carbocycles. The number of aromatic nitrogens is 1. The van der Waals surface area contributed by atoms with Crippen molar-refractivity contribution >= 4 is 17.2 Å². The minimum absolute atomic E-state index is 0.0317. The van der Waals surface area contributed by atoms with Gasteiger partial charge in [0.25, 0.3) is 5.91 Å². The molecule has 0 radical (unpaired) electrons. The number of furan rings is 1. The zero-order valence-electron chi connectivity index (χ0n) is 14.1. The number of benzene rings is 1. The molecule has 1 amide bonds. The highest BCUT2D eigenvalue weighted by Gasteiger charge is 2.30. The molecule has 0 N–H and O–H groups in total. The standard InChI is InChI=1S/C20H20N2O2S/c1-14-9-10-18(24-14)19-21-17(13-25-19)20(23)22-11-5-8-16(22)12-15-6-3-2-4-7-15/h2-4,6-7,9-10,13,16H,5,8,11-12H2,1H3/t16-/m0/s1. The molecular weight excluding hydrogens is 332 g/mol. The summed E-state index contributed by atoms with van der Waals surface area (Å²) in [6.45, 7) is 2.71. The predicted octanol–water partition coefficient (Wildman–Crippen LogP) is 4.56. The fourth-order valence-corrected chi connectivity index (χ4v) is 4.14. The monoisotopic (exact) mass is 352 g/mol. The second kappa shape index (κ2) is 6.84. The van der Waals surface area contributed by atoms with Crippen LogP contribution in [0.2, 0.25) is 0 Å². The molecule has 128 valence electrons. The normalized spacial score (nSPS) is 17.2. The highest BCUT2D eigenvalue weighted by Crippen LogP contribution is 2.28. The molecule has 2 aromatic heterocycles. The third-order valence-electron chi connectivity index (χ3n) is 4.63. The van der Waals surface area contributed by atoms with Crippen molar-refractivity contribution in [3.63, 3.8) is 0 Å². The number of carbonyl (C=O) groups excluding carboxylic acids is 1. The van der Waals surface area contributed by atoms with Gasteiger partial charge >= 0.3 is 0 Å². The predicted molar refractivity (Wildman–Crippen MR) is 98.8 cm³/mol. The Labute approximate surface area is 151 Å². The zero-order valence-corrected chi connectivity index (χ0v) is 15.0. The largest absolute Gasteiger partial charge is 0.459 e. The number of likely N-dealkylation sites (tertiary alicyclic amines) is 1. The molecule has 1 fully saturated rings. The Hall–Kier alpha value is -2.40. The molecule has 1 atom stereocenters. The second-order valence-electron chi connectivity index (χ2n) is 6.43. The quantitative estimate of drug-likeness (QED) is 0.691. The maximum absolute atomic E-state index is 12.9. The van der Waals surface area contributed by atoms with E-state index < -0.39 is 0 Å². The zero-order chi connectivity index (χ0) is 17.2. The van der Waals surface area contributed by atoms with E-state index in [1.54, 1.807) is 0 Å². The molecule has 25 heavy (non-hydrogen) atoms. The van der Waals surface area contributed by atoms with Crippen LogP contribution >= 0.6 is 11.3 Å². The van der Waals surface area contributed by atoms with Gasteiger partial charge in [-0.1, -0.05) is 30.3 Å². The van der Waals surface area contributed by atoms with E-state index in [-0.39, 0.29) is 11.9 Å². The van der Waals surface area contributed by atoms with Gasteiger partial charge in [-0.15, -0.1) is 11.3 Å². The van der Waals surface area contributed by atoms with Gasteiger partial charge in [-0.25, -0.2) is 4.98 Å². The van der Waals surface area contributed by atoms with E-state index >= 15 is 0 Å². The summed E-state index contributed by atoms with van der Waals surface area (Å²) >= 11 is 1.46. The summed E-state index contributed by atoms with van der Waals surface area (Å²) in [6.07, 6.45) is 3.01. The molecule has 1 aliphatic rings. The first-order chi connectivity index (χ1) is 12.2. The van der Waals surface area contributed by atoms with Crippen LogP contribution in [0.5, 0.6) is 0 Å². The Kier molecular flexibility index (Phi) is 4.40. The topological polar surface area (TPSA) is 46.3 Å². The summed E-state index contributed by atoms with van der Waals surface area (Å²) in [5.41, 5.74) is 1.80. The van der Waals surface area contributed by atoms with Gasteiger partial charge in [0.1, 0.15) is 11.5 Å². The van der Waals surface area contributed by atoms with Crippen molar-refractivity contribution in [2.24, 2.45) is 0 Å². The molecule has 0 spiro atoms. The lowest BCUT2D eigenvalue weighted by atomic mass is 10.0. The number of aryl methyl sites for hydroxylation is 1. The Bertz CT molecular complexity index is 869. The van der Waals surface area contributed by atoms with Gasteiger partial charge in [0.2, 0.25) is 0 Å². The fraction of sp³-hybridized carbons (Fsp3) is 0.300. The van der Waals surface area contributed by atoms with Crippen LogP contribution in [0.15, 0.2) is 52.3 Å². The van der Waals surface area contributed by atoms with Crippen LogP contribution in [0.25, 0.3) is 10.8 Å². The number of rotatable bonds is 4. The molecule has 0 aliphatic carbocycles. The maximum atomic E-state index is 12.9. The van der Waals surface area contributed by atoms with Crippen LogP contribution in [0.1, 0.15) is 34.7 Å². The molecule has 0 unspecified atom stereocenters. The van der Waals surface area contributed by atoms with Crippen LogP contribution < -0.4 is 0 Å². The van der Waals surface area contributed by atoms with Crippen LogP contribution in [-0.2, 0) is 6.42 Å². The number of nitrogens with zero attached hydrogens (tertiary/aromatic N) is 2. The number of hydrogen-bond acceptors (Lipinski definition) is 4. The molecule has 1 aliphatic heterocycles. The highest BCUT2D eigenvalue weighted by molar-refractivity contribution is 7.13. The summed E-state index contributed by atoms with van der Waals surface area (Å²) < 4.78 is 5.61. The highest BCUT2D eigenvalue weighted by atomic mass is 32.1.